The van der Waals surface area contributed by atoms with Gasteiger partial charge < -0.3 is 0 Å². The second-order valence-electron chi connectivity index (χ2n) is 5.52. The van der Waals surface area contributed by atoms with Gasteiger partial charge in [-0.15, -0.1) is 0 Å². The quantitative estimate of drug-likeness (QED) is 0.660. The molecule has 0 saturated carbocycles. The van der Waals surface area contributed by atoms with Crippen molar-refractivity contribution in [3.63, 3.8) is 0 Å². The molecule has 1 aromatic rings. The summed E-state index contributed by atoms with van der Waals surface area (Å²) in [6, 6.07) is 12.3. The monoisotopic (exact) mass is 227 g/mol. The molecular weight excluding hydrogens is 206 g/mol. The summed E-state index contributed by atoms with van der Waals surface area (Å²) in [6.45, 7) is 7.92. The van der Waals surface area contributed by atoms with Crippen molar-refractivity contribution in [1.29, 1.82) is 0 Å². The smallest absolute Gasteiger partial charge is 0.0388 e. The predicted molar refractivity (Wildman–Crippen MR) is 71.8 cm³/mol. The normalized spacial score (nSPS) is 33.7. The zero-order valence-electron chi connectivity index (χ0n) is 10.6. The first-order valence-corrected chi connectivity index (χ1v) is 6.75. The summed E-state index contributed by atoms with van der Waals surface area (Å²) in [5.74, 6) is 0.678. The maximum absolute atomic E-state index is 4.30. The van der Waals surface area contributed by atoms with Crippen LogP contribution in [0.5, 0.6) is 0 Å². The largest absolute Gasteiger partial charge is 0.292 e. The SMILES string of the molecule is C=C1C[C@@H](c2ccccc2)N2CCC[C@H]2[C@H]1C. The number of nitrogens with zero attached hydrogens (tertiary/aromatic N) is 1. The highest BCUT2D eigenvalue weighted by Crippen LogP contribution is 2.43. The Hall–Kier alpha value is -1.08. The van der Waals surface area contributed by atoms with E-state index in [-0.39, 0.29) is 0 Å². The topological polar surface area (TPSA) is 3.24 Å². The van der Waals surface area contributed by atoms with E-state index < -0.39 is 0 Å². The molecule has 0 radical (unpaired) electrons. The lowest BCUT2D eigenvalue weighted by Crippen LogP contribution is -2.42. The number of fused-ring (bicyclic) bond motifs is 1. The first-order valence-electron chi connectivity index (χ1n) is 6.75. The summed E-state index contributed by atoms with van der Waals surface area (Å²) in [5, 5.41) is 0. The van der Waals surface area contributed by atoms with E-state index in [0.29, 0.717) is 12.0 Å². The van der Waals surface area contributed by atoms with Gasteiger partial charge in [-0.2, -0.15) is 0 Å². The van der Waals surface area contributed by atoms with Gasteiger partial charge in [0, 0.05) is 12.1 Å². The molecule has 17 heavy (non-hydrogen) atoms. The van der Waals surface area contributed by atoms with E-state index in [4.69, 9.17) is 0 Å². The first kappa shape index (κ1) is 11.0. The minimum Gasteiger partial charge on any atom is -0.292 e. The van der Waals surface area contributed by atoms with E-state index in [1.807, 2.05) is 0 Å². The summed E-state index contributed by atoms with van der Waals surface area (Å²) in [4.78, 5) is 2.72. The number of hydrogen-bond donors (Lipinski definition) is 0. The summed E-state index contributed by atoms with van der Waals surface area (Å²) in [5.41, 5.74) is 2.91. The van der Waals surface area contributed by atoms with Crippen LogP contribution < -0.4 is 0 Å². The highest BCUT2D eigenvalue weighted by molar-refractivity contribution is 5.25. The molecule has 0 unspecified atom stereocenters. The van der Waals surface area contributed by atoms with E-state index in [1.54, 1.807) is 0 Å². The second kappa shape index (κ2) is 4.30. The third kappa shape index (κ3) is 1.83. The van der Waals surface area contributed by atoms with Crippen LogP contribution in [-0.4, -0.2) is 17.5 Å². The van der Waals surface area contributed by atoms with Crippen molar-refractivity contribution in [3.8, 4) is 0 Å². The molecule has 0 N–H and O–H groups in total. The van der Waals surface area contributed by atoms with Crippen LogP contribution in [0.15, 0.2) is 42.5 Å². The van der Waals surface area contributed by atoms with Crippen molar-refractivity contribution in [2.45, 2.75) is 38.3 Å². The van der Waals surface area contributed by atoms with Gasteiger partial charge in [-0.3, -0.25) is 4.90 Å². The molecule has 2 aliphatic rings. The highest BCUT2D eigenvalue weighted by Gasteiger charge is 2.40. The van der Waals surface area contributed by atoms with Crippen molar-refractivity contribution in [2.75, 3.05) is 6.54 Å². The zero-order valence-corrected chi connectivity index (χ0v) is 10.6. The van der Waals surface area contributed by atoms with E-state index in [1.165, 1.54) is 30.5 Å². The molecule has 0 spiro atoms. The van der Waals surface area contributed by atoms with Gasteiger partial charge in [0.15, 0.2) is 0 Å². The van der Waals surface area contributed by atoms with Gasteiger partial charge in [0.1, 0.15) is 0 Å². The van der Waals surface area contributed by atoms with Crippen LogP contribution in [-0.2, 0) is 0 Å². The van der Waals surface area contributed by atoms with Gasteiger partial charge >= 0.3 is 0 Å². The lowest BCUT2D eigenvalue weighted by atomic mass is 9.81. The molecule has 1 heteroatoms. The number of hydrogen-bond acceptors (Lipinski definition) is 1. The molecule has 90 valence electrons. The zero-order chi connectivity index (χ0) is 11.8. The van der Waals surface area contributed by atoms with Gasteiger partial charge in [-0.05, 0) is 37.3 Å². The molecule has 1 aromatic carbocycles. The molecule has 0 aromatic heterocycles. The maximum atomic E-state index is 4.30. The van der Waals surface area contributed by atoms with Crippen LogP contribution in [0.2, 0.25) is 0 Å². The number of piperidine rings is 1. The van der Waals surface area contributed by atoms with Crippen molar-refractivity contribution in [1.82, 2.24) is 4.90 Å². The summed E-state index contributed by atoms with van der Waals surface area (Å²) in [6.07, 6.45) is 3.84. The van der Waals surface area contributed by atoms with Crippen LogP contribution in [0, 0.1) is 5.92 Å². The molecule has 0 bridgehead atoms. The van der Waals surface area contributed by atoms with Crippen LogP contribution in [0.25, 0.3) is 0 Å². The van der Waals surface area contributed by atoms with Crippen LogP contribution in [0.4, 0.5) is 0 Å². The van der Waals surface area contributed by atoms with Crippen molar-refractivity contribution in [2.24, 2.45) is 5.92 Å². The summed E-state index contributed by atoms with van der Waals surface area (Å²) in [7, 11) is 0. The predicted octanol–water partition coefficient (Wildman–Crippen LogP) is 3.79. The standard InChI is InChI=1S/C16H21N/c1-12-11-16(14-7-4-3-5-8-14)17-10-6-9-15(17)13(12)2/h3-5,7-8,13,15-16H,1,6,9-11H2,2H3/t13-,15-,16-/m0/s1. The molecule has 0 aliphatic carbocycles. The Bertz CT molecular complexity index is 409. The third-order valence-corrected chi connectivity index (χ3v) is 4.60. The van der Waals surface area contributed by atoms with E-state index in [9.17, 15) is 0 Å². The molecule has 0 amide bonds. The number of rotatable bonds is 1. The van der Waals surface area contributed by atoms with Crippen LogP contribution in [0.1, 0.15) is 37.8 Å². The second-order valence-corrected chi connectivity index (χ2v) is 5.52. The minimum absolute atomic E-state index is 0.576. The Labute approximate surface area is 104 Å². The van der Waals surface area contributed by atoms with Crippen molar-refractivity contribution in [3.05, 3.63) is 48.0 Å². The Kier molecular flexibility index (Phi) is 2.79. The highest BCUT2D eigenvalue weighted by atomic mass is 15.2. The molecular formula is C16H21N. The molecule has 2 heterocycles. The maximum Gasteiger partial charge on any atom is 0.0388 e. The van der Waals surface area contributed by atoms with Gasteiger partial charge in [0.2, 0.25) is 0 Å². The molecule has 3 rings (SSSR count). The van der Waals surface area contributed by atoms with Crippen LogP contribution in [0.3, 0.4) is 0 Å². The van der Waals surface area contributed by atoms with E-state index >= 15 is 0 Å². The van der Waals surface area contributed by atoms with Gasteiger partial charge in [0.05, 0.1) is 0 Å². The lowest BCUT2D eigenvalue weighted by Gasteiger charge is -2.43. The molecule has 2 aliphatic heterocycles. The van der Waals surface area contributed by atoms with E-state index in [0.717, 1.165) is 12.5 Å². The Morgan fingerprint density at radius 1 is 1.24 bits per heavy atom. The third-order valence-electron chi connectivity index (χ3n) is 4.60. The van der Waals surface area contributed by atoms with Crippen molar-refractivity contribution >= 4 is 0 Å². The van der Waals surface area contributed by atoms with Gasteiger partial charge in [-0.25, -0.2) is 0 Å². The molecule has 2 saturated heterocycles. The fourth-order valence-corrected chi connectivity index (χ4v) is 3.55. The van der Waals surface area contributed by atoms with E-state index in [2.05, 4.69) is 48.7 Å². The Balaban J connectivity index is 1.92. The fraction of sp³-hybridized carbons (Fsp3) is 0.500. The average Bonchev–Trinajstić information content (AvgIpc) is 2.84. The number of benzene rings is 1. The summed E-state index contributed by atoms with van der Waals surface area (Å²) >= 11 is 0. The molecule has 1 nitrogen and oxygen atoms in total. The first-order chi connectivity index (χ1) is 8.27. The lowest BCUT2D eigenvalue weighted by molar-refractivity contribution is 0.117. The molecule has 2 fully saturated rings. The minimum atomic E-state index is 0.576. The summed E-state index contributed by atoms with van der Waals surface area (Å²) < 4.78 is 0. The Morgan fingerprint density at radius 2 is 2.00 bits per heavy atom. The fourth-order valence-electron chi connectivity index (χ4n) is 3.55. The van der Waals surface area contributed by atoms with Crippen molar-refractivity contribution < 1.29 is 0 Å². The van der Waals surface area contributed by atoms with Gasteiger partial charge in [-0.1, -0.05) is 49.4 Å². The van der Waals surface area contributed by atoms with Crippen LogP contribution >= 0.6 is 0 Å². The average molecular weight is 227 g/mol. The Morgan fingerprint density at radius 3 is 2.76 bits per heavy atom. The molecule has 3 atom stereocenters. The van der Waals surface area contributed by atoms with Gasteiger partial charge in [0.25, 0.3) is 0 Å².